The molecule has 0 saturated carbocycles. The highest BCUT2D eigenvalue weighted by Gasteiger charge is 2.15. The van der Waals surface area contributed by atoms with Crippen LogP contribution in [0.1, 0.15) is 12.5 Å². The van der Waals surface area contributed by atoms with Gasteiger partial charge in [0.2, 0.25) is 0 Å². The third kappa shape index (κ3) is 1.47. The molecule has 17 heavy (non-hydrogen) atoms. The van der Waals surface area contributed by atoms with Gasteiger partial charge in [-0.3, -0.25) is 0 Å². The van der Waals surface area contributed by atoms with Gasteiger partial charge in [0.1, 0.15) is 0 Å². The van der Waals surface area contributed by atoms with E-state index < -0.39 is 0 Å². The Balaban J connectivity index is 2.33. The van der Waals surface area contributed by atoms with Crippen molar-refractivity contribution in [3.05, 3.63) is 60.3 Å². The second kappa shape index (κ2) is 3.77. The monoisotopic (exact) mass is 221 g/mol. The van der Waals surface area contributed by atoms with Crippen LogP contribution in [0, 0.1) is 0 Å². The van der Waals surface area contributed by atoms with Gasteiger partial charge < -0.3 is 4.90 Å². The van der Waals surface area contributed by atoms with Gasteiger partial charge in [-0.25, -0.2) is 0 Å². The summed E-state index contributed by atoms with van der Waals surface area (Å²) in [4.78, 5) is 2.25. The van der Waals surface area contributed by atoms with Gasteiger partial charge in [-0.2, -0.15) is 0 Å². The first kappa shape index (κ1) is 10.2. The Kier molecular flexibility index (Phi) is 2.25. The molecule has 1 aliphatic heterocycles. The molecule has 3 rings (SSSR count). The molecule has 0 N–H and O–H groups in total. The lowest BCUT2D eigenvalue weighted by molar-refractivity contribution is 0.977. The van der Waals surface area contributed by atoms with Gasteiger partial charge in [0, 0.05) is 23.5 Å². The van der Waals surface area contributed by atoms with Crippen molar-refractivity contribution in [1.29, 1.82) is 0 Å². The molecular weight excluding hydrogens is 206 g/mol. The van der Waals surface area contributed by atoms with Crippen molar-refractivity contribution in [3.63, 3.8) is 0 Å². The zero-order valence-electron chi connectivity index (χ0n) is 9.98. The van der Waals surface area contributed by atoms with Crippen LogP contribution in [0.2, 0.25) is 0 Å². The molecule has 0 radical (unpaired) electrons. The maximum atomic E-state index is 4.08. The molecule has 1 heterocycles. The highest BCUT2D eigenvalue weighted by molar-refractivity contribution is 5.98. The molecule has 0 spiro atoms. The van der Waals surface area contributed by atoms with Crippen molar-refractivity contribution in [3.8, 4) is 0 Å². The summed E-state index contributed by atoms with van der Waals surface area (Å²) < 4.78 is 0. The SMILES string of the molecule is C=C1C=Cc2c(ccc3ccccc23)N1CC. The number of benzene rings is 2. The molecule has 0 unspecified atom stereocenters. The van der Waals surface area contributed by atoms with Crippen LogP contribution >= 0.6 is 0 Å². The Morgan fingerprint density at radius 3 is 2.71 bits per heavy atom. The van der Waals surface area contributed by atoms with Gasteiger partial charge in [0.15, 0.2) is 0 Å². The molecular formula is C16H15N. The lowest BCUT2D eigenvalue weighted by Gasteiger charge is -2.29. The van der Waals surface area contributed by atoms with E-state index in [4.69, 9.17) is 0 Å². The molecule has 0 aromatic heterocycles. The summed E-state index contributed by atoms with van der Waals surface area (Å²) in [6, 6.07) is 12.9. The zero-order valence-corrected chi connectivity index (χ0v) is 9.98. The fraction of sp³-hybridized carbons (Fsp3) is 0.125. The van der Waals surface area contributed by atoms with Crippen molar-refractivity contribution in [1.82, 2.24) is 0 Å². The van der Waals surface area contributed by atoms with E-state index in [1.165, 1.54) is 22.0 Å². The van der Waals surface area contributed by atoms with Crippen LogP contribution in [0.15, 0.2) is 54.8 Å². The Morgan fingerprint density at radius 1 is 1.06 bits per heavy atom. The van der Waals surface area contributed by atoms with Crippen molar-refractivity contribution < 1.29 is 0 Å². The van der Waals surface area contributed by atoms with Crippen LogP contribution in [-0.2, 0) is 0 Å². The van der Waals surface area contributed by atoms with E-state index in [0.29, 0.717) is 0 Å². The Bertz CT molecular complexity index is 622. The van der Waals surface area contributed by atoms with Crippen molar-refractivity contribution >= 4 is 22.5 Å². The van der Waals surface area contributed by atoms with E-state index >= 15 is 0 Å². The van der Waals surface area contributed by atoms with Gasteiger partial charge in [-0.05, 0) is 29.8 Å². The zero-order chi connectivity index (χ0) is 11.8. The first-order valence-electron chi connectivity index (χ1n) is 5.97. The van der Waals surface area contributed by atoms with Crippen molar-refractivity contribution in [2.75, 3.05) is 11.4 Å². The van der Waals surface area contributed by atoms with Crippen LogP contribution in [0.5, 0.6) is 0 Å². The molecule has 0 saturated heterocycles. The quantitative estimate of drug-likeness (QED) is 0.697. The van der Waals surface area contributed by atoms with E-state index in [1.54, 1.807) is 0 Å². The van der Waals surface area contributed by atoms with E-state index in [1.807, 2.05) is 0 Å². The lowest BCUT2D eigenvalue weighted by Crippen LogP contribution is -2.22. The molecule has 1 nitrogen and oxygen atoms in total. The van der Waals surface area contributed by atoms with Gasteiger partial charge in [0.05, 0.1) is 0 Å². The normalized spacial score (nSPS) is 14.2. The second-order valence-electron chi connectivity index (χ2n) is 4.29. The topological polar surface area (TPSA) is 3.24 Å². The standard InChI is InChI=1S/C16H15N/c1-3-17-12(2)8-10-15-14-7-5-4-6-13(14)9-11-16(15)17/h4-11H,2-3H2,1H3. The molecule has 84 valence electrons. The average molecular weight is 221 g/mol. The molecule has 2 aromatic carbocycles. The van der Waals surface area contributed by atoms with E-state index in [2.05, 4.69) is 67.0 Å². The number of nitrogens with zero attached hydrogens (tertiary/aromatic N) is 1. The number of hydrogen-bond acceptors (Lipinski definition) is 1. The molecule has 1 heteroatoms. The Morgan fingerprint density at radius 2 is 1.88 bits per heavy atom. The summed E-state index contributed by atoms with van der Waals surface area (Å²) >= 11 is 0. The van der Waals surface area contributed by atoms with Crippen LogP contribution in [-0.4, -0.2) is 6.54 Å². The molecule has 0 bridgehead atoms. The van der Waals surface area contributed by atoms with E-state index in [0.717, 1.165) is 12.2 Å². The predicted molar refractivity (Wildman–Crippen MR) is 75.1 cm³/mol. The molecule has 0 amide bonds. The second-order valence-corrected chi connectivity index (χ2v) is 4.29. The third-order valence-corrected chi connectivity index (χ3v) is 3.34. The first-order chi connectivity index (χ1) is 8.31. The van der Waals surface area contributed by atoms with Crippen LogP contribution < -0.4 is 4.90 Å². The van der Waals surface area contributed by atoms with E-state index in [9.17, 15) is 0 Å². The van der Waals surface area contributed by atoms with Gasteiger partial charge in [-0.1, -0.05) is 43.0 Å². The highest BCUT2D eigenvalue weighted by atomic mass is 15.1. The maximum absolute atomic E-state index is 4.08. The fourth-order valence-electron chi connectivity index (χ4n) is 2.49. The summed E-state index contributed by atoms with van der Waals surface area (Å²) in [6.45, 7) is 7.19. The molecule has 0 fully saturated rings. The molecule has 0 atom stereocenters. The van der Waals surface area contributed by atoms with Gasteiger partial charge in [0.25, 0.3) is 0 Å². The Labute approximate surface area is 102 Å². The number of allylic oxidation sites excluding steroid dienone is 1. The summed E-state index contributed by atoms with van der Waals surface area (Å²) in [6.07, 6.45) is 4.27. The van der Waals surface area contributed by atoms with Crippen LogP contribution in [0.25, 0.3) is 16.8 Å². The number of likely N-dealkylation sites (N-methyl/N-ethyl adjacent to an activating group) is 1. The minimum Gasteiger partial charge on any atom is -0.342 e. The smallest absolute Gasteiger partial charge is 0.0490 e. The van der Waals surface area contributed by atoms with Crippen LogP contribution in [0.3, 0.4) is 0 Å². The Hall–Kier alpha value is -2.02. The summed E-state index contributed by atoms with van der Waals surface area (Å²) in [5, 5.41) is 2.60. The highest BCUT2D eigenvalue weighted by Crippen LogP contribution is 2.35. The maximum Gasteiger partial charge on any atom is 0.0490 e. The molecule has 0 aliphatic carbocycles. The summed E-state index contributed by atoms with van der Waals surface area (Å²) in [5.41, 5.74) is 3.63. The average Bonchev–Trinajstić information content (AvgIpc) is 2.38. The number of rotatable bonds is 1. The number of anilines is 1. The first-order valence-corrected chi connectivity index (χ1v) is 5.97. The predicted octanol–water partition coefficient (Wildman–Crippen LogP) is 4.21. The third-order valence-electron chi connectivity index (χ3n) is 3.34. The van der Waals surface area contributed by atoms with Crippen LogP contribution in [0.4, 0.5) is 5.69 Å². The molecule has 2 aromatic rings. The summed E-state index contributed by atoms with van der Waals surface area (Å²) in [5.74, 6) is 0. The van der Waals surface area contributed by atoms with Crippen molar-refractivity contribution in [2.45, 2.75) is 6.92 Å². The van der Waals surface area contributed by atoms with Crippen molar-refractivity contribution in [2.24, 2.45) is 0 Å². The van der Waals surface area contributed by atoms with E-state index in [-0.39, 0.29) is 0 Å². The summed E-state index contributed by atoms with van der Waals surface area (Å²) in [7, 11) is 0. The minimum atomic E-state index is 0.953. The van der Waals surface area contributed by atoms with Gasteiger partial charge in [-0.15, -0.1) is 0 Å². The lowest BCUT2D eigenvalue weighted by atomic mass is 9.98. The number of fused-ring (bicyclic) bond motifs is 3. The fourth-order valence-corrected chi connectivity index (χ4v) is 2.49. The molecule has 1 aliphatic rings. The largest absolute Gasteiger partial charge is 0.342 e. The minimum absolute atomic E-state index is 0.953. The van der Waals surface area contributed by atoms with Gasteiger partial charge >= 0.3 is 0 Å². The number of hydrogen-bond donors (Lipinski definition) is 0.